The van der Waals surface area contributed by atoms with Crippen LogP contribution >= 0.6 is 0 Å². The van der Waals surface area contributed by atoms with E-state index in [0.717, 1.165) is 42.9 Å². The highest BCUT2D eigenvalue weighted by Gasteiger charge is 2.29. The molecule has 0 aliphatic carbocycles. The van der Waals surface area contributed by atoms with E-state index in [9.17, 15) is 4.79 Å². The Morgan fingerprint density at radius 3 is 2.65 bits per heavy atom. The van der Waals surface area contributed by atoms with Gasteiger partial charge in [0.2, 0.25) is 5.91 Å². The first kappa shape index (κ1) is 23.1. The van der Waals surface area contributed by atoms with Gasteiger partial charge in [0.15, 0.2) is 11.5 Å². The number of carbonyl (C=O) groups excluding carboxylic acids is 1. The number of rotatable bonds is 8. The van der Waals surface area contributed by atoms with Crippen LogP contribution in [0.5, 0.6) is 11.5 Å². The third-order valence-electron chi connectivity index (χ3n) is 5.92. The fourth-order valence-corrected chi connectivity index (χ4v) is 4.02. The van der Waals surface area contributed by atoms with Crippen LogP contribution in [0.25, 0.3) is 0 Å². The molecule has 0 saturated carbocycles. The van der Waals surface area contributed by atoms with Crippen LogP contribution in [0.15, 0.2) is 28.8 Å². The van der Waals surface area contributed by atoms with Gasteiger partial charge < -0.3 is 24.6 Å². The van der Waals surface area contributed by atoms with Gasteiger partial charge in [-0.3, -0.25) is 4.79 Å². The van der Waals surface area contributed by atoms with Crippen LogP contribution in [-0.2, 0) is 23.2 Å². The number of aromatic nitrogens is 1. The van der Waals surface area contributed by atoms with Crippen molar-refractivity contribution in [1.82, 2.24) is 15.8 Å². The van der Waals surface area contributed by atoms with E-state index >= 15 is 0 Å². The Balaban J connectivity index is 1.56. The second kappa shape index (κ2) is 10.2. The molecule has 1 aliphatic heterocycles. The van der Waals surface area contributed by atoms with E-state index in [2.05, 4.69) is 42.6 Å². The zero-order chi connectivity index (χ0) is 22.4. The van der Waals surface area contributed by atoms with Crippen LogP contribution in [0.3, 0.4) is 0 Å². The molecular formula is C24H35N3O4. The molecule has 2 N–H and O–H groups in total. The summed E-state index contributed by atoms with van der Waals surface area (Å²) in [5.41, 5.74) is 1.89. The zero-order valence-corrected chi connectivity index (χ0v) is 19.3. The summed E-state index contributed by atoms with van der Waals surface area (Å²) in [4.78, 5) is 12.7. The topological polar surface area (TPSA) is 85.6 Å². The Kier molecular flexibility index (Phi) is 7.59. The van der Waals surface area contributed by atoms with Crippen LogP contribution in [0.4, 0.5) is 0 Å². The Morgan fingerprint density at radius 2 is 1.97 bits per heavy atom. The Labute approximate surface area is 184 Å². The van der Waals surface area contributed by atoms with Crippen LogP contribution in [0.1, 0.15) is 50.6 Å². The van der Waals surface area contributed by atoms with Gasteiger partial charge in [-0.25, -0.2) is 0 Å². The summed E-state index contributed by atoms with van der Waals surface area (Å²) in [5.74, 6) is 2.99. The predicted octanol–water partition coefficient (Wildman–Crippen LogP) is 3.46. The SMILES string of the molecule is COc1ccc(CNC(=O)CC2CCNCC2Cc2cc(C(C)(C)C)on2)cc1OC. The number of methoxy groups -OCH3 is 2. The highest BCUT2D eigenvalue weighted by atomic mass is 16.5. The monoisotopic (exact) mass is 429 g/mol. The Bertz CT molecular complexity index is 872. The summed E-state index contributed by atoms with van der Waals surface area (Å²) in [6, 6.07) is 7.74. The second-order valence-electron chi connectivity index (χ2n) is 9.32. The average Bonchev–Trinajstić information content (AvgIpc) is 3.22. The predicted molar refractivity (Wildman–Crippen MR) is 119 cm³/mol. The standard InChI is InChI=1S/C24H35N3O4/c1-24(2,3)22-13-19(27-31-22)11-18-15-25-9-8-17(18)12-23(28)26-14-16-6-7-20(29-4)21(10-16)30-5/h6-7,10,13,17-18,25H,8-9,11-12,14-15H2,1-5H3,(H,26,28). The van der Waals surface area contributed by atoms with Crippen molar-refractivity contribution in [3.05, 3.63) is 41.3 Å². The fraction of sp³-hybridized carbons (Fsp3) is 0.583. The molecule has 170 valence electrons. The number of benzene rings is 1. The smallest absolute Gasteiger partial charge is 0.220 e. The van der Waals surface area contributed by atoms with E-state index in [1.165, 1.54) is 0 Å². The third kappa shape index (κ3) is 6.23. The number of ether oxygens (including phenoxy) is 2. The lowest BCUT2D eigenvalue weighted by molar-refractivity contribution is -0.122. The largest absolute Gasteiger partial charge is 0.493 e. The molecule has 1 fully saturated rings. The number of nitrogens with one attached hydrogen (secondary N) is 2. The average molecular weight is 430 g/mol. The highest BCUT2D eigenvalue weighted by Crippen LogP contribution is 2.29. The number of amides is 1. The van der Waals surface area contributed by atoms with Gasteiger partial charge in [-0.05, 0) is 55.5 Å². The lowest BCUT2D eigenvalue weighted by Gasteiger charge is -2.31. The minimum atomic E-state index is -0.0561. The zero-order valence-electron chi connectivity index (χ0n) is 19.3. The number of piperidine rings is 1. The summed E-state index contributed by atoms with van der Waals surface area (Å²) in [7, 11) is 3.22. The van der Waals surface area contributed by atoms with Crippen molar-refractivity contribution in [3.8, 4) is 11.5 Å². The van der Waals surface area contributed by atoms with E-state index in [0.29, 0.717) is 36.3 Å². The van der Waals surface area contributed by atoms with Crippen molar-refractivity contribution in [2.75, 3.05) is 27.3 Å². The maximum absolute atomic E-state index is 12.7. The van der Waals surface area contributed by atoms with Crippen molar-refractivity contribution in [2.45, 2.75) is 52.0 Å². The first-order chi connectivity index (χ1) is 14.8. The van der Waals surface area contributed by atoms with E-state index in [4.69, 9.17) is 14.0 Å². The van der Waals surface area contributed by atoms with Crippen LogP contribution in [0.2, 0.25) is 0 Å². The van der Waals surface area contributed by atoms with E-state index in [1.54, 1.807) is 14.2 Å². The molecule has 2 aromatic rings. The molecule has 1 aliphatic rings. The number of hydrogen-bond donors (Lipinski definition) is 2. The number of hydrogen-bond acceptors (Lipinski definition) is 6. The van der Waals surface area contributed by atoms with E-state index < -0.39 is 0 Å². The fourth-order valence-electron chi connectivity index (χ4n) is 4.02. The molecule has 7 nitrogen and oxygen atoms in total. The summed E-state index contributed by atoms with van der Waals surface area (Å²) in [6.45, 7) is 8.65. The molecule has 7 heteroatoms. The normalized spacial score (nSPS) is 19.1. The minimum absolute atomic E-state index is 0.0561. The van der Waals surface area contributed by atoms with Crippen LogP contribution < -0.4 is 20.1 Å². The molecule has 1 aromatic heterocycles. The van der Waals surface area contributed by atoms with Gasteiger partial charge in [0.05, 0.1) is 19.9 Å². The summed E-state index contributed by atoms with van der Waals surface area (Å²) < 4.78 is 16.1. The maximum Gasteiger partial charge on any atom is 0.220 e. The van der Waals surface area contributed by atoms with Gasteiger partial charge in [0, 0.05) is 24.4 Å². The Hall–Kier alpha value is -2.54. The lowest BCUT2D eigenvalue weighted by atomic mass is 9.81. The first-order valence-electron chi connectivity index (χ1n) is 10.9. The molecular weight excluding hydrogens is 394 g/mol. The van der Waals surface area contributed by atoms with Gasteiger partial charge in [0.1, 0.15) is 5.76 Å². The molecule has 1 amide bonds. The second-order valence-corrected chi connectivity index (χ2v) is 9.32. The van der Waals surface area contributed by atoms with Gasteiger partial charge in [-0.1, -0.05) is 32.0 Å². The van der Waals surface area contributed by atoms with Crippen LogP contribution in [-0.4, -0.2) is 38.4 Å². The summed E-state index contributed by atoms with van der Waals surface area (Å²) >= 11 is 0. The minimum Gasteiger partial charge on any atom is -0.493 e. The molecule has 2 atom stereocenters. The van der Waals surface area contributed by atoms with Crippen LogP contribution in [0, 0.1) is 11.8 Å². The Morgan fingerprint density at radius 1 is 1.19 bits per heavy atom. The summed E-state index contributed by atoms with van der Waals surface area (Å²) in [5, 5.41) is 10.8. The van der Waals surface area contributed by atoms with Crippen molar-refractivity contribution >= 4 is 5.91 Å². The van der Waals surface area contributed by atoms with Gasteiger partial charge in [-0.15, -0.1) is 0 Å². The quantitative estimate of drug-likeness (QED) is 0.668. The van der Waals surface area contributed by atoms with Gasteiger partial charge in [0.25, 0.3) is 0 Å². The number of carbonyl (C=O) groups is 1. The van der Waals surface area contributed by atoms with E-state index in [1.807, 2.05) is 18.2 Å². The molecule has 2 heterocycles. The lowest BCUT2D eigenvalue weighted by Crippen LogP contribution is -2.40. The van der Waals surface area contributed by atoms with Crippen molar-refractivity contribution in [1.29, 1.82) is 0 Å². The molecule has 2 unspecified atom stereocenters. The number of nitrogens with zero attached hydrogens (tertiary/aromatic N) is 1. The van der Waals surface area contributed by atoms with Gasteiger partial charge in [-0.2, -0.15) is 0 Å². The molecule has 0 bridgehead atoms. The van der Waals surface area contributed by atoms with Gasteiger partial charge >= 0.3 is 0 Å². The van der Waals surface area contributed by atoms with Crippen molar-refractivity contribution < 1.29 is 18.8 Å². The molecule has 1 aromatic carbocycles. The summed E-state index contributed by atoms with van der Waals surface area (Å²) in [6.07, 6.45) is 2.32. The highest BCUT2D eigenvalue weighted by molar-refractivity contribution is 5.76. The molecule has 0 radical (unpaired) electrons. The molecule has 31 heavy (non-hydrogen) atoms. The third-order valence-corrected chi connectivity index (χ3v) is 5.92. The molecule has 0 spiro atoms. The van der Waals surface area contributed by atoms with Crippen molar-refractivity contribution in [2.24, 2.45) is 11.8 Å². The maximum atomic E-state index is 12.7. The molecule has 1 saturated heterocycles. The molecule has 3 rings (SSSR count). The van der Waals surface area contributed by atoms with Crippen molar-refractivity contribution in [3.63, 3.8) is 0 Å². The van der Waals surface area contributed by atoms with E-state index in [-0.39, 0.29) is 11.3 Å². The first-order valence-corrected chi connectivity index (χ1v) is 10.9.